The van der Waals surface area contributed by atoms with Crippen LogP contribution in [0.15, 0.2) is 12.1 Å². The molecule has 94 valence electrons. The number of nitrogens with one attached hydrogen (secondary N) is 1. The summed E-state index contributed by atoms with van der Waals surface area (Å²) in [7, 11) is 1.62. The molecule has 0 aromatic heterocycles. The molecule has 0 amide bonds. The van der Waals surface area contributed by atoms with Crippen molar-refractivity contribution >= 4 is 17.1 Å². The van der Waals surface area contributed by atoms with Gasteiger partial charge in [-0.1, -0.05) is 6.07 Å². The minimum Gasteiger partial charge on any atom is -0.396 e. The second kappa shape index (κ2) is 6.05. The molecule has 1 rings (SSSR count). The molecule has 0 fully saturated rings. The Morgan fingerprint density at radius 2 is 2.18 bits per heavy atom. The van der Waals surface area contributed by atoms with Gasteiger partial charge >= 0.3 is 5.69 Å². The predicted octanol–water partition coefficient (Wildman–Crippen LogP) is 1.53. The summed E-state index contributed by atoms with van der Waals surface area (Å²) >= 11 is 0. The molecule has 6 heteroatoms. The lowest BCUT2D eigenvalue weighted by Gasteiger charge is -2.09. The molecule has 0 aliphatic carbocycles. The molecule has 1 aromatic carbocycles. The van der Waals surface area contributed by atoms with Crippen LogP contribution in [0, 0.1) is 10.1 Å². The minimum absolute atomic E-state index is 0.0750. The second-order valence-electron chi connectivity index (χ2n) is 3.72. The fraction of sp³-hybridized carbons (Fsp3) is 0.455. The van der Waals surface area contributed by atoms with Crippen LogP contribution in [0.5, 0.6) is 0 Å². The van der Waals surface area contributed by atoms with Crippen molar-refractivity contribution in [2.75, 3.05) is 24.7 Å². The topological polar surface area (TPSA) is 101 Å². The summed E-state index contributed by atoms with van der Waals surface area (Å²) in [4.78, 5) is 10.5. The number of nitrogen functional groups attached to an aromatic ring is 1. The largest absolute Gasteiger partial charge is 0.396 e. The number of nitro groups is 1. The highest BCUT2D eigenvalue weighted by molar-refractivity contribution is 5.77. The lowest BCUT2D eigenvalue weighted by molar-refractivity contribution is -0.383. The third-order valence-electron chi connectivity index (χ3n) is 2.61. The van der Waals surface area contributed by atoms with Crippen molar-refractivity contribution in [1.82, 2.24) is 0 Å². The van der Waals surface area contributed by atoms with Crippen LogP contribution in [0.4, 0.5) is 17.1 Å². The van der Waals surface area contributed by atoms with Gasteiger partial charge in [-0.25, -0.2) is 0 Å². The number of anilines is 2. The van der Waals surface area contributed by atoms with E-state index in [0.29, 0.717) is 18.5 Å². The van der Waals surface area contributed by atoms with Crippen LogP contribution < -0.4 is 11.1 Å². The highest BCUT2D eigenvalue weighted by Gasteiger charge is 2.19. The minimum atomic E-state index is -0.475. The van der Waals surface area contributed by atoms with E-state index in [1.807, 2.05) is 0 Å². The summed E-state index contributed by atoms with van der Waals surface area (Å²) in [5.41, 5.74) is 7.10. The summed E-state index contributed by atoms with van der Waals surface area (Å²) in [6.45, 7) is 0.122. The molecular weight excluding hydrogens is 222 g/mol. The highest BCUT2D eigenvalue weighted by atomic mass is 16.6. The molecule has 0 unspecified atom stereocenters. The smallest absolute Gasteiger partial charge is 0.315 e. The molecule has 0 aliphatic rings. The summed E-state index contributed by atoms with van der Waals surface area (Å²) < 4.78 is 0. The van der Waals surface area contributed by atoms with E-state index in [9.17, 15) is 10.1 Å². The van der Waals surface area contributed by atoms with Crippen LogP contribution in [0.2, 0.25) is 0 Å². The number of rotatable bonds is 6. The van der Waals surface area contributed by atoms with Crippen molar-refractivity contribution in [2.45, 2.75) is 19.3 Å². The van der Waals surface area contributed by atoms with Crippen LogP contribution in [-0.4, -0.2) is 23.7 Å². The lowest BCUT2D eigenvalue weighted by Crippen LogP contribution is -2.04. The van der Waals surface area contributed by atoms with E-state index in [4.69, 9.17) is 10.8 Å². The Bertz CT molecular complexity index is 407. The van der Waals surface area contributed by atoms with Gasteiger partial charge in [-0.05, 0) is 30.9 Å². The number of nitrogens with zero attached hydrogens (tertiary/aromatic N) is 1. The Labute approximate surface area is 99.6 Å². The molecule has 4 N–H and O–H groups in total. The molecule has 6 nitrogen and oxygen atoms in total. The number of benzene rings is 1. The van der Waals surface area contributed by atoms with E-state index >= 15 is 0 Å². The zero-order valence-electron chi connectivity index (χ0n) is 9.77. The first kappa shape index (κ1) is 13.2. The van der Waals surface area contributed by atoms with E-state index in [-0.39, 0.29) is 18.0 Å². The standard InChI is InChI=1S/C11H17N3O3/c1-13-9-6-5-8(4-2-3-7-15)10(12)11(9)14(16)17/h5-6,13,15H,2-4,7,12H2,1H3. The van der Waals surface area contributed by atoms with Gasteiger partial charge in [0.25, 0.3) is 0 Å². The fourth-order valence-corrected chi connectivity index (χ4v) is 1.69. The molecule has 0 saturated carbocycles. The average molecular weight is 239 g/mol. The van der Waals surface area contributed by atoms with Crippen molar-refractivity contribution in [3.8, 4) is 0 Å². The Morgan fingerprint density at radius 3 is 2.71 bits per heavy atom. The van der Waals surface area contributed by atoms with Crippen LogP contribution >= 0.6 is 0 Å². The van der Waals surface area contributed by atoms with E-state index in [2.05, 4.69) is 5.32 Å². The molecule has 0 bridgehead atoms. The maximum Gasteiger partial charge on any atom is 0.315 e. The Balaban J connectivity index is 3.01. The number of unbranched alkanes of at least 4 members (excludes halogenated alkanes) is 1. The number of nitro benzene ring substituents is 1. The van der Waals surface area contributed by atoms with Crippen LogP contribution in [0.3, 0.4) is 0 Å². The van der Waals surface area contributed by atoms with Crippen molar-refractivity contribution in [1.29, 1.82) is 0 Å². The van der Waals surface area contributed by atoms with Gasteiger partial charge in [0.2, 0.25) is 0 Å². The number of nitrogens with two attached hydrogens (primary N) is 1. The molecule has 0 atom stereocenters. The van der Waals surface area contributed by atoms with E-state index in [0.717, 1.165) is 12.0 Å². The first-order valence-corrected chi connectivity index (χ1v) is 5.46. The molecule has 0 radical (unpaired) electrons. The molecule has 0 spiro atoms. The van der Waals surface area contributed by atoms with Gasteiger partial charge in [0.1, 0.15) is 11.4 Å². The van der Waals surface area contributed by atoms with Crippen molar-refractivity contribution in [2.24, 2.45) is 0 Å². The second-order valence-corrected chi connectivity index (χ2v) is 3.72. The fourth-order valence-electron chi connectivity index (χ4n) is 1.69. The summed E-state index contributed by atoms with van der Waals surface area (Å²) in [5, 5.41) is 22.4. The first-order chi connectivity index (χ1) is 8.11. The van der Waals surface area contributed by atoms with Crippen LogP contribution in [0.1, 0.15) is 18.4 Å². The monoisotopic (exact) mass is 239 g/mol. The van der Waals surface area contributed by atoms with Crippen molar-refractivity contribution < 1.29 is 10.0 Å². The zero-order valence-corrected chi connectivity index (χ0v) is 9.77. The van der Waals surface area contributed by atoms with Crippen LogP contribution in [-0.2, 0) is 6.42 Å². The number of aryl methyl sites for hydroxylation is 1. The first-order valence-electron chi connectivity index (χ1n) is 5.46. The van der Waals surface area contributed by atoms with Gasteiger partial charge in [-0.2, -0.15) is 0 Å². The number of hydrogen-bond acceptors (Lipinski definition) is 5. The normalized spacial score (nSPS) is 10.2. The Hall–Kier alpha value is -1.82. The number of aliphatic hydroxyl groups excluding tert-OH is 1. The third-order valence-corrected chi connectivity index (χ3v) is 2.61. The summed E-state index contributed by atoms with van der Waals surface area (Å²) in [5.74, 6) is 0. The third kappa shape index (κ3) is 3.07. The Morgan fingerprint density at radius 1 is 1.47 bits per heavy atom. The number of aliphatic hydroxyl groups is 1. The van der Waals surface area contributed by atoms with Gasteiger partial charge in [0.15, 0.2) is 0 Å². The lowest BCUT2D eigenvalue weighted by atomic mass is 10.0. The van der Waals surface area contributed by atoms with Crippen molar-refractivity contribution in [3.05, 3.63) is 27.8 Å². The zero-order chi connectivity index (χ0) is 12.8. The summed E-state index contributed by atoms with van der Waals surface area (Å²) in [6, 6.07) is 3.44. The van der Waals surface area contributed by atoms with Gasteiger partial charge in [0.05, 0.1) is 4.92 Å². The van der Waals surface area contributed by atoms with Gasteiger partial charge in [-0.15, -0.1) is 0 Å². The van der Waals surface area contributed by atoms with Gasteiger partial charge < -0.3 is 16.2 Å². The maximum atomic E-state index is 10.9. The molecule has 0 aliphatic heterocycles. The maximum absolute atomic E-state index is 10.9. The van der Waals surface area contributed by atoms with Gasteiger partial charge in [0, 0.05) is 13.7 Å². The average Bonchev–Trinajstić information content (AvgIpc) is 2.30. The SMILES string of the molecule is CNc1ccc(CCCCO)c(N)c1[N+](=O)[O-]. The predicted molar refractivity (Wildman–Crippen MR) is 67.1 cm³/mol. The van der Waals surface area contributed by atoms with Crippen LogP contribution in [0.25, 0.3) is 0 Å². The van der Waals surface area contributed by atoms with E-state index in [1.165, 1.54) is 0 Å². The molecular formula is C11H17N3O3. The molecule has 0 saturated heterocycles. The molecule has 1 aromatic rings. The highest BCUT2D eigenvalue weighted by Crippen LogP contribution is 2.33. The number of hydrogen-bond donors (Lipinski definition) is 3. The quantitative estimate of drug-likeness (QED) is 0.302. The van der Waals surface area contributed by atoms with Gasteiger partial charge in [-0.3, -0.25) is 10.1 Å². The molecule has 0 heterocycles. The molecule has 17 heavy (non-hydrogen) atoms. The Kier molecular flexibility index (Phi) is 4.71. The van der Waals surface area contributed by atoms with E-state index in [1.54, 1.807) is 19.2 Å². The van der Waals surface area contributed by atoms with Crippen molar-refractivity contribution in [3.63, 3.8) is 0 Å². The summed E-state index contributed by atoms with van der Waals surface area (Å²) in [6.07, 6.45) is 2.06. The van der Waals surface area contributed by atoms with E-state index < -0.39 is 4.92 Å².